The minimum Gasteiger partial charge on any atom is -0.348 e. The van der Waals surface area contributed by atoms with Crippen molar-refractivity contribution in [1.29, 1.82) is 0 Å². The molecule has 0 radical (unpaired) electrons. The van der Waals surface area contributed by atoms with Crippen LogP contribution in [-0.2, 0) is 11.3 Å². The van der Waals surface area contributed by atoms with Gasteiger partial charge in [-0.3, -0.25) is 4.79 Å². The van der Waals surface area contributed by atoms with Crippen molar-refractivity contribution in [3.63, 3.8) is 0 Å². The van der Waals surface area contributed by atoms with Crippen molar-refractivity contribution in [3.05, 3.63) is 11.6 Å². The third kappa shape index (κ3) is 2.54. The molecule has 1 saturated carbocycles. The zero-order chi connectivity index (χ0) is 13.3. The van der Waals surface area contributed by atoms with Gasteiger partial charge >= 0.3 is 0 Å². The van der Waals surface area contributed by atoms with Crippen molar-refractivity contribution >= 4 is 5.91 Å². The molecule has 5 nitrogen and oxygen atoms in total. The second-order valence-corrected chi connectivity index (χ2v) is 5.68. The summed E-state index contributed by atoms with van der Waals surface area (Å²) in [5, 5.41) is 11.2. The highest BCUT2D eigenvalue weighted by atomic mass is 16.2. The Labute approximate surface area is 108 Å². The van der Waals surface area contributed by atoms with Crippen LogP contribution in [0, 0.1) is 12.3 Å². The summed E-state index contributed by atoms with van der Waals surface area (Å²) in [6.07, 6.45) is 3.22. The molecule has 1 amide bonds. The highest BCUT2D eigenvalue weighted by Crippen LogP contribution is 2.36. The predicted octanol–water partition coefficient (Wildman–Crippen LogP) is 1.97. The average Bonchev–Trinajstić information content (AvgIpc) is 3.10. The molecule has 1 aliphatic rings. The van der Waals surface area contributed by atoms with Crippen LogP contribution in [0.4, 0.5) is 0 Å². The fraction of sp³-hybridized carbons (Fsp3) is 0.769. The average molecular weight is 250 g/mol. The van der Waals surface area contributed by atoms with Crippen LogP contribution in [-0.4, -0.2) is 20.7 Å². The zero-order valence-corrected chi connectivity index (χ0v) is 11.7. The van der Waals surface area contributed by atoms with E-state index in [1.807, 2.05) is 27.7 Å². The van der Waals surface area contributed by atoms with E-state index < -0.39 is 0 Å². The van der Waals surface area contributed by atoms with Gasteiger partial charge < -0.3 is 9.88 Å². The Kier molecular flexibility index (Phi) is 3.41. The van der Waals surface area contributed by atoms with Gasteiger partial charge in [0.05, 0.1) is 6.54 Å². The first kappa shape index (κ1) is 13.1. The predicted molar refractivity (Wildman–Crippen MR) is 68.9 cm³/mol. The molecule has 0 unspecified atom stereocenters. The van der Waals surface area contributed by atoms with E-state index in [-0.39, 0.29) is 11.3 Å². The molecule has 2 rings (SSSR count). The first-order chi connectivity index (χ1) is 8.45. The van der Waals surface area contributed by atoms with E-state index in [0.717, 1.165) is 18.1 Å². The van der Waals surface area contributed by atoms with Crippen molar-refractivity contribution < 1.29 is 4.79 Å². The van der Waals surface area contributed by atoms with Gasteiger partial charge in [0, 0.05) is 11.5 Å². The molecule has 0 bridgehead atoms. The summed E-state index contributed by atoms with van der Waals surface area (Å²) in [6.45, 7) is 8.38. The number of amides is 1. The Bertz CT molecular complexity index is 446. The van der Waals surface area contributed by atoms with Crippen LogP contribution in [0.1, 0.15) is 57.7 Å². The Morgan fingerprint density at radius 2 is 2.11 bits per heavy atom. The van der Waals surface area contributed by atoms with Crippen LogP contribution in [0.15, 0.2) is 0 Å². The largest absolute Gasteiger partial charge is 0.348 e. The fourth-order valence-corrected chi connectivity index (χ4v) is 1.90. The molecule has 1 heterocycles. The normalized spacial score (nSPS) is 15.8. The number of hydrogen-bond acceptors (Lipinski definition) is 3. The van der Waals surface area contributed by atoms with Crippen molar-refractivity contribution in [1.82, 2.24) is 20.1 Å². The lowest BCUT2D eigenvalue weighted by atomic mass is 9.89. The van der Waals surface area contributed by atoms with Crippen molar-refractivity contribution in [3.8, 4) is 0 Å². The molecular formula is C13H22N4O. The molecule has 1 aromatic rings. The molecule has 0 aliphatic heterocycles. The highest BCUT2D eigenvalue weighted by Gasteiger charge is 2.29. The van der Waals surface area contributed by atoms with Gasteiger partial charge in [-0.2, -0.15) is 0 Å². The van der Waals surface area contributed by atoms with E-state index in [0.29, 0.717) is 12.6 Å². The summed E-state index contributed by atoms with van der Waals surface area (Å²) in [7, 11) is 0. The maximum absolute atomic E-state index is 12.0. The Hall–Kier alpha value is -1.39. The molecule has 1 aromatic heterocycles. The van der Waals surface area contributed by atoms with Gasteiger partial charge in [0.15, 0.2) is 5.82 Å². The number of carbonyl (C=O) groups is 1. The number of aryl methyl sites for hydroxylation is 1. The lowest BCUT2D eigenvalue weighted by Gasteiger charge is -2.21. The first-order valence-corrected chi connectivity index (χ1v) is 6.64. The third-order valence-corrected chi connectivity index (χ3v) is 3.75. The van der Waals surface area contributed by atoms with Gasteiger partial charge in [0.1, 0.15) is 5.82 Å². The van der Waals surface area contributed by atoms with E-state index >= 15 is 0 Å². The third-order valence-electron chi connectivity index (χ3n) is 3.75. The molecule has 5 heteroatoms. The molecule has 18 heavy (non-hydrogen) atoms. The van der Waals surface area contributed by atoms with Crippen LogP contribution in [0.5, 0.6) is 0 Å². The van der Waals surface area contributed by atoms with E-state index in [4.69, 9.17) is 0 Å². The van der Waals surface area contributed by atoms with Gasteiger partial charge in [0.2, 0.25) is 5.91 Å². The van der Waals surface area contributed by atoms with E-state index in [9.17, 15) is 4.79 Å². The molecule has 1 fully saturated rings. The Morgan fingerprint density at radius 3 is 2.67 bits per heavy atom. The Morgan fingerprint density at radius 1 is 1.44 bits per heavy atom. The highest BCUT2D eigenvalue weighted by molar-refractivity contribution is 5.81. The smallest absolute Gasteiger partial charge is 0.226 e. The molecule has 1 aliphatic carbocycles. The minimum atomic E-state index is -0.320. The monoisotopic (exact) mass is 250 g/mol. The van der Waals surface area contributed by atoms with Crippen LogP contribution in [0.2, 0.25) is 0 Å². The summed E-state index contributed by atoms with van der Waals surface area (Å²) in [6, 6.07) is 0.547. The number of nitrogens with zero attached hydrogens (tertiary/aromatic N) is 3. The first-order valence-electron chi connectivity index (χ1n) is 6.64. The molecule has 0 spiro atoms. The zero-order valence-electron chi connectivity index (χ0n) is 11.7. The van der Waals surface area contributed by atoms with E-state index in [2.05, 4.69) is 20.1 Å². The Balaban J connectivity index is 2.00. The summed E-state index contributed by atoms with van der Waals surface area (Å²) in [5.41, 5.74) is -0.320. The summed E-state index contributed by atoms with van der Waals surface area (Å²) in [5.74, 6) is 1.89. The maximum atomic E-state index is 12.0. The number of aromatic nitrogens is 3. The quantitative estimate of drug-likeness (QED) is 0.869. The fourth-order valence-electron chi connectivity index (χ4n) is 1.90. The standard InChI is InChI=1S/C13H22N4O/c1-5-13(3,4)12(18)14-8-11-16-15-9(2)17(11)10-6-7-10/h10H,5-8H2,1-4H3,(H,14,18). The molecule has 1 N–H and O–H groups in total. The molecule has 0 saturated heterocycles. The lowest BCUT2D eigenvalue weighted by Crippen LogP contribution is -2.36. The maximum Gasteiger partial charge on any atom is 0.226 e. The molecule has 0 atom stereocenters. The van der Waals surface area contributed by atoms with Gasteiger partial charge in [0.25, 0.3) is 0 Å². The second kappa shape index (κ2) is 4.71. The van der Waals surface area contributed by atoms with Crippen LogP contribution >= 0.6 is 0 Å². The van der Waals surface area contributed by atoms with Crippen molar-refractivity contribution in [2.45, 2.75) is 59.5 Å². The van der Waals surface area contributed by atoms with Crippen LogP contribution in [0.3, 0.4) is 0 Å². The summed E-state index contributed by atoms with van der Waals surface area (Å²) >= 11 is 0. The molecular weight excluding hydrogens is 228 g/mol. The number of nitrogens with one attached hydrogen (secondary N) is 1. The summed E-state index contributed by atoms with van der Waals surface area (Å²) in [4.78, 5) is 12.0. The van der Waals surface area contributed by atoms with Gasteiger partial charge in [-0.15, -0.1) is 10.2 Å². The van der Waals surface area contributed by atoms with Gasteiger partial charge in [-0.25, -0.2) is 0 Å². The van der Waals surface area contributed by atoms with Crippen molar-refractivity contribution in [2.24, 2.45) is 5.41 Å². The minimum absolute atomic E-state index is 0.0769. The number of rotatable bonds is 5. The van der Waals surface area contributed by atoms with E-state index in [1.54, 1.807) is 0 Å². The van der Waals surface area contributed by atoms with Crippen molar-refractivity contribution in [2.75, 3.05) is 0 Å². The van der Waals surface area contributed by atoms with Gasteiger partial charge in [-0.05, 0) is 26.2 Å². The number of carbonyl (C=O) groups excluding carboxylic acids is 1. The number of hydrogen-bond donors (Lipinski definition) is 1. The molecule has 100 valence electrons. The SMILES string of the molecule is CCC(C)(C)C(=O)NCc1nnc(C)n1C1CC1. The van der Waals surface area contributed by atoms with Crippen LogP contribution in [0.25, 0.3) is 0 Å². The molecule has 0 aromatic carbocycles. The van der Waals surface area contributed by atoms with Gasteiger partial charge in [-0.1, -0.05) is 20.8 Å². The van der Waals surface area contributed by atoms with Crippen LogP contribution < -0.4 is 5.32 Å². The van der Waals surface area contributed by atoms with E-state index in [1.165, 1.54) is 12.8 Å². The lowest BCUT2D eigenvalue weighted by molar-refractivity contribution is -0.129. The summed E-state index contributed by atoms with van der Waals surface area (Å²) < 4.78 is 2.15. The second-order valence-electron chi connectivity index (χ2n) is 5.68. The topological polar surface area (TPSA) is 59.8 Å².